The van der Waals surface area contributed by atoms with Crippen LogP contribution in [0.5, 0.6) is 0 Å². The first-order valence-corrected chi connectivity index (χ1v) is 14.7. The minimum atomic E-state index is -4.69. The number of carbonyl (C=O) groups excluding carboxylic acids is 2. The van der Waals surface area contributed by atoms with Gasteiger partial charge in [0, 0.05) is 30.2 Å². The number of nitrogens with zero attached hydrogens (tertiary/aromatic N) is 4. The fraction of sp³-hybridized carbons (Fsp3) is 0.500. The first-order chi connectivity index (χ1) is 20.9. The highest BCUT2D eigenvalue weighted by atomic mass is 19.4. The van der Waals surface area contributed by atoms with Crippen molar-refractivity contribution in [2.45, 2.75) is 72.3 Å². The predicted octanol–water partition coefficient (Wildman–Crippen LogP) is 4.21. The molecule has 5 rings (SSSR count). The van der Waals surface area contributed by atoms with Crippen molar-refractivity contribution in [1.29, 1.82) is 5.26 Å². The van der Waals surface area contributed by atoms with Crippen molar-refractivity contribution < 1.29 is 22.8 Å². The van der Waals surface area contributed by atoms with Gasteiger partial charge < -0.3 is 20.5 Å². The van der Waals surface area contributed by atoms with Crippen LogP contribution in [0.4, 0.5) is 19.1 Å². The number of anilines is 1. The van der Waals surface area contributed by atoms with E-state index in [4.69, 9.17) is 0 Å². The topological polar surface area (TPSA) is 144 Å². The van der Waals surface area contributed by atoms with Gasteiger partial charge in [0.05, 0.1) is 6.07 Å². The van der Waals surface area contributed by atoms with E-state index in [0.29, 0.717) is 11.1 Å². The average Bonchev–Trinajstić information content (AvgIpc) is 3.26. The number of carbonyl (C=O) groups is 2. The van der Waals surface area contributed by atoms with Crippen LogP contribution in [-0.4, -0.2) is 56.3 Å². The molecule has 1 saturated heterocycles. The molecule has 2 fully saturated rings. The van der Waals surface area contributed by atoms with Gasteiger partial charge in [-0.05, 0) is 59.2 Å². The third kappa shape index (κ3) is 6.23. The summed E-state index contributed by atoms with van der Waals surface area (Å²) in [6, 6.07) is 7.09. The normalized spacial score (nSPS) is 21.9. The van der Waals surface area contributed by atoms with Gasteiger partial charge in [-0.25, -0.2) is 9.97 Å². The van der Waals surface area contributed by atoms with Gasteiger partial charge in [-0.1, -0.05) is 46.2 Å². The van der Waals surface area contributed by atoms with Gasteiger partial charge in [0.25, 0.3) is 5.56 Å². The number of alkyl halides is 3. The molecule has 1 aromatic carbocycles. The van der Waals surface area contributed by atoms with Gasteiger partial charge in [-0.3, -0.25) is 14.4 Å². The summed E-state index contributed by atoms with van der Waals surface area (Å²) in [6.07, 6.45) is -3.77. The van der Waals surface area contributed by atoms with Crippen molar-refractivity contribution in [1.82, 2.24) is 25.2 Å². The van der Waals surface area contributed by atoms with Crippen molar-refractivity contribution in [2.75, 3.05) is 11.9 Å². The minimum absolute atomic E-state index is 0.0229. The number of nitriles is 1. The average molecular weight is 624 g/mol. The predicted molar refractivity (Wildman–Crippen MR) is 161 cm³/mol. The zero-order chi connectivity index (χ0) is 33.1. The van der Waals surface area contributed by atoms with Crippen LogP contribution < -0.4 is 16.2 Å². The highest BCUT2D eigenvalue weighted by Gasteiger charge is 2.69. The molecule has 0 radical (unpaired) electrons. The second-order valence-electron chi connectivity index (χ2n) is 13.7. The number of pyridine rings is 1. The molecule has 5 atom stereocenters. The fourth-order valence-electron chi connectivity index (χ4n) is 6.47. The Morgan fingerprint density at radius 3 is 2.56 bits per heavy atom. The number of benzene rings is 1. The van der Waals surface area contributed by atoms with Crippen LogP contribution in [0.2, 0.25) is 0 Å². The Morgan fingerprint density at radius 1 is 1.20 bits per heavy atom. The van der Waals surface area contributed by atoms with Gasteiger partial charge in [0.2, 0.25) is 17.8 Å². The van der Waals surface area contributed by atoms with Gasteiger partial charge in [0.15, 0.2) is 0 Å². The summed E-state index contributed by atoms with van der Waals surface area (Å²) in [5, 5.41) is 16.3. The monoisotopic (exact) mass is 623 g/mol. The fourth-order valence-corrected chi connectivity index (χ4v) is 6.47. The van der Waals surface area contributed by atoms with Crippen LogP contribution in [0.1, 0.15) is 51.4 Å². The Hall–Kier alpha value is -4.47. The number of piperidine rings is 1. The van der Waals surface area contributed by atoms with E-state index < -0.39 is 47.2 Å². The number of rotatable bonds is 7. The number of likely N-dealkylation sites (tertiary alicyclic amines) is 1. The number of nitrogens with one attached hydrogen (secondary N) is 3. The molecule has 3 aromatic rings. The summed E-state index contributed by atoms with van der Waals surface area (Å²) in [4.78, 5) is 52.5. The van der Waals surface area contributed by atoms with E-state index in [2.05, 4.69) is 31.7 Å². The van der Waals surface area contributed by atoms with Crippen LogP contribution in [0.25, 0.3) is 10.9 Å². The maximum absolute atomic E-state index is 14.1. The number of hydrogen-bond acceptors (Lipinski definition) is 7. The van der Waals surface area contributed by atoms with Crippen molar-refractivity contribution in [3.8, 4) is 6.07 Å². The van der Waals surface area contributed by atoms with Crippen LogP contribution >= 0.6 is 0 Å². The summed E-state index contributed by atoms with van der Waals surface area (Å²) >= 11 is 0. The number of H-pyrrole nitrogens is 1. The van der Waals surface area contributed by atoms with Crippen molar-refractivity contribution >= 4 is 28.7 Å². The van der Waals surface area contributed by atoms with Crippen LogP contribution in [-0.2, 0) is 22.2 Å². The van der Waals surface area contributed by atoms with E-state index in [1.165, 1.54) is 4.90 Å². The quantitative estimate of drug-likeness (QED) is 0.358. The molecule has 0 bridgehead atoms. The van der Waals surface area contributed by atoms with Crippen molar-refractivity contribution in [3.05, 3.63) is 63.7 Å². The Morgan fingerprint density at radius 2 is 1.91 bits per heavy atom. The molecule has 0 unspecified atom stereocenters. The second-order valence-corrected chi connectivity index (χ2v) is 13.7. The van der Waals surface area contributed by atoms with Crippen LogP contribution in [0.15, 0.2) is 41.3 Å². The first kappa shape index (κ1) is 31.9. The SMILES string of the molecule is Cc1ccc2[nH]c(=O)c(C[C@@H](C#N)NC(=O)[C@@H]3[C@H]4[C@H](CN3C(=O)[C@@H](Nc3nccc(C(F)(F)F)n3)C(C)(C)C)C4(C)C)cc2c1. The molecule has 45 heavy (non-hydrogen) atoms. The minimum Gasteiger partial charge on any atom is -0.342 e. The van der Waals surface area contributed by atoms with E-state index in [1.807, 2.05) is 32.9 Å². The molecule has 2 amide bonds. The molecule has 2 aliphatic rings. The van der Waals surface area contributed by atoms with E-state index in [0.717, 1.165) is 23.2 Å². The highest BCUT2D eigenvalue weighted by Crippen LogP contribution is 2.65. The Balaban J connectivity index is 1.38. The molecule has 2 aromatic heterocycles. The van der Waals surface area contributed by atoms with E-state index in [-0.39, 0.29) is 41.7 Å². The number of fused-ring (bicyclic) bond motifs is 2. The summed E-state index contributed by atoms with van der Waals surface area (Å²) < 4.78 is 39.9. The number of halogens is 3. The lowest BCUT2D eigenvalue weighted by Crippen LogP contribution is -2.57. The van der Waals surface area contributed by atoms with Gasteiger partial charge in [-0.2, -0.15) is 18.4 Å². The third-order valence-corrected chi connectivity index (χ3v) is 9.07. The molecule has 1 aliphatic carbocycles. The number of aromatic amines is 1. The Kier molecular flexibility index (Phi) is 7.92. The maximum Gasteiger partial charge on any atom is 0.433 e. The molecule has 10 nitrogen and oxygen atoms in total. The standard InChI is InChI=1S/C32H36F3N7O3/c1-16-7-8-21-17(11-16)12-18(26(43)39-21)13-19(14-36)38-27(44)24-23-20(31(23,5)6)15-42(24)28(45)25(30(2,3)4)41-29-37-10-9-22(40-29)32(33,34)35/h7-12,19-20,23-25H,13,15H2,1-6H3,(H,38,44)(H,39,43)(H,37,40,41)/t19-,20-,23+,24-,25+/m0/s1. The lowest BCUT2D eigenvalue weighted by atomic mass is 9.85. The highest BCUT2D eigenvalue weighted by molar-refractivity contribution is 5.93. The third-order valence-electron chi connectivity index (χ3n) is 9.07. The molecule has 3 N–H and O–H groups in total. The van der Waals surface area contributed by atoms with Crippen LogP contribution in [0.3, 0.4) is 0 Å². The lowest BCUT2D eigenvalue weighted by molar-refractivity contribution is -0.142. The zero-order valence-electron chi connectivity index (χ0n) is 25.9. The Bertz CT molecular complexity index is 1760. The van der Waals surface area contributed by atoms with Crippen LogP contribution in [0, 0.1) is 40.9 Å². The van der Waals surface area contributed by atoms with E-state index >= 15 is 0 Å². The molecule has 238 valence electrons. The van der Waals surface area contributed by atoms with E-state index in [9.17, 15) is 32.8 Å². The molecule has 1 saturated carbocycles. The number of hydrogen-bond donors (Lipinski definition) is 3. The van der Waals surface area contributed by atoms with Gasteiger partial charge >= 0.3 is 6.18 Å². The molecule has 0 spiro atoms. The molecule has 13 heteroatoms. The molecule has 3 heterocycles. The molecular weight excluding hydrogens is 587 g/mol. The number of amides is 2. The summed E-state index contributed by atoms with van der Waals surface area (Å²) in [7, 11) is 0. The van der Waals surface area contributed by atoms with Crippen molar-refractivity contribution in [2.24, 2.45) is 22.7 Å². The zero-order valence-corrected chi connectivity index (χ0v) is 25.9. The Labute approximate surface area is 258 Å². The second kappa shape index (κ2) is 11.2. The molecular formula is C32H36F3N7O3. The largest absolute Gasteiger partial charge is 0.433 e. The maximum atomic E-state index is 14.1. The van der Waals surface area contributed by atoms with Gasteiger partial charge in [0.1, 0.15) is 23.8 Å². The summed E-state index contributed by atoms with van der Waals surface area (Å²) in [5.74, 6) is -1.53. The first-order valence-electron chi connectivity index (χ1n) is 14.7. The number of aromatic nitrogens is 3. The number of aryl methyl sites for hydroxylation is 1. The van der Waals surface area contributed by atoms with E-state index in [1.54, 1.807) is 32.9 Å². The lowest BCUT2D eigenvalue weighted by Gasteiger charge is -2.37. The summed E-state index contributed by atoms with van der Waals surface area (Å²) in [6.45, 7) is 11.5. The smallest absolute Gasteiger partial charge is 0.342 e. The van der Waals surface area contributed by atoms with Gasteiger partial charge in [-0.15, -0.1) is 0 Å². The van der Waals surface area contributed by atoms with Crippen molar-refractivity contribution in [3.63, 3.8) is 0 Å². The molecule has 1 aliphatic heterocycles. The summed E-state index contributed by atoms with van der Waals surface area (Å²) in [5.41, 5.74) is -0.553.